The second-order valence-electron chi connectivity index (χ2n) is 1.09. The summed E-state index contributed by atoms with van der Waals surface area (Å²) in [6, 6.07) is 0. The molecule has 0 aliphatic heterocycles. The van der Waals surface area contributed by atoms with Crippen LogP contribution in [0.3, 0.4) is 0 Å². The second kappa shape index (κ2) is 2.78. The van der Waals surface area contributed by atoms with Crippen LogP contribution in [0.5, 0.6) is 0 Å². The molecule has 0 rings (SSSR count). The van der Waals surface area contributed by atoms with E-state index >= 15 is 0 Å². The van der Waals surface area contributed by atoms with Crippen molar-refractivity contribution in [2.45, 2.75) is 0 Å². The van der Waals surface area contributed by atoms with Crippen molar-refractivity contribution in [2.24, 2.45) is 0 Å². The quantitative estimate of drug-likeness (QED) is 0.549. The lowest BCUT2D eigenvalue weighted by atomic mass is 10.7. The molecular weight excluding hydrogens is 135 g/mol. The fourth-order valence-electron chi connectivity index (χ4n) is 0.154. The molecular formula is C3H4FO3S. The van der Waals surface area contributed by atoms with Crippen molar-refractivity contribution >= 4 is 10.1 Å². The zero-order chi connectivity index (χ0) is 6.62. The van der Waals surface area contributed by atoms with Crippen LogP contribution >= 0.6 is 0 Å². The molecule has 5 heteroatoms. The van der Waals surface area contributed by atoms with Gasteiger partial charge in [-0.2, -0.15) is 8.42 Å². The van der Waals surface area contributed by atoms with E-state index in [-0.39, 0.29) is 6.33 Å². The first kappa shape index (κ1) is 7.58. The summed E-state index contributed by atoms with van der Waals surface area (Å²) in [5, 5.41) is 0. The van der Waals surface area contributed by atoms with E-state index in [9.17, 15) is 17.4 Å². The maximum Gasteiger partial charge on any atom is 0.298 e. The molecule has 0 amide bonds. The largest absolute Gasteiger partial charge is 0.298 e. The Kier molecular flexibility index (Phi) is 2.64. The first-order chi connectivity index (χ1) is 3.56. The van der Waals surface area contributed by atoms with Crippen LogP contribution in [0.25, 0.3) is 0 Å². The Morgan fingerprint density at radius 2 is 2.00 bits per heavy atom. The molecule has 1 radical (unpaired) electrons. The minimum Gasteiger partial charge on any atom is -0.216 e. The van der Waals surface area contributed by atoms with Gasteiger partial charge in [0.2, 0.25) is 0 Å². The van der Waals surface area contributed by atoms with Gasteiger partial charge in [0.25, 0.3) is 10.1 Å². The van der Waals surface area contributed by atoms with Gasteiger partial charge < -0.3 is 0 Å². The molecule has 0 aliphatic carbocycles. The van der Waals surface area contributed by atoms with Gasteiger partial charge in [-0.3, -0.25) is 0 Å². The molecule has 8 heavy (non-hydrogen) atoms. The lowest BCUT2D eigenvalue weighted by Crippen LogP contribution is -1.97. The fraction of sp³-hybridized carbons (Fsp3) is 0.333. The molecule has 0 aromatic rings. The van der Waals surface area contributed by atoms with E-state index in [1.165, 1.54) is 0 Å². The summed E-state index contributed by atoms with van der Waals surface area (Å²) in [5.74, 6) is -0.774. The molecule has 0 aromatic carbocycles. The third-order valence-corrected chi connectivity index (χ3v) is 0.990. The van der Waals surface area contributed by atoms with Crippen LogP contribution < -0.4 is 0 Å². The van der Waals surface area contributed by atoms with E-state index in [0.717, 1.165) is 0 Å². The molecule has 0 unspecified atom stereocenters. The monoisotopic (exact) mass is 139 g/mol. The Hall–Kier alpha value is -0.420. The third-order valence-electron chi connectivity index (χ3n) is 0.389. The van der Waals surface area contributed by atoms with Gasteiger partial charge in [-0.1, -0.05) is 4.55 Å². The van der Waals surface area contributed by atoms with E-state index in [1.807, 2.05) is 0 Å². The van der Waals surface area contributed by atoms with Crippen molar-refractivity contribution in [1.82, 2.24) is 0 Å². The summed E-state index contributed by atoms with van der Waals surface area (Å²) < 4.78 is 39.8. The van der Waals surface area contributed by atoms with Crippen LogP contribution in [-0.4, -0.2) is 14.2 Å². The number of hydrogen-bond acceptors (Lipinski definition) is 2. The molecule has 0 bridgehead atoms. The number of rotatable bonds is 2. The summed E-state index contributed by atoms with van der Waals surface area (Å²) in [4.78, 5) is 0. The van der Waals surface area contributed by atoms with Crippen molar-refractivity contribution in [2.75, 3.05) is 5.75 Å². The SMILES string of the molecule is [O]S(=O)(=O)C/C=C/F. The molecule has 3 nitrogen and oxygen atoms in total. The van der Waals surface area contributed by atoms with Crippen molar-refractivity contribution in [3.63, 3.8) is 0 Å². The summed E-state index contributed by atoms with van der Waals surface area (Å²) in [7, 11) is -4.26. The van der Waals surface area contributed by atoms with Crippen LogP contribution in [0, 0.1) is 0 Å². The van der Waals surface area contributed by atoms with E-state index in [4.69, 9.17) is 0 Å². The van der Waals surface area contributed by atoms with Gasteiger partial charge in [-0.25, -0.2) is 4.39 Å². The highest BCUT2D eigenvalue weighted by Gasteiger charge is 2.00. The summed E-state index contributed by atoms with van der Waals surface area (Å²) in [6.45, 7) is 0. The Bertz CT molecular complexity index is 169. The Balaban J connectivity index is 3.76. The molecule has 0 fully saturated rings. The van der Waals surface area contributed by atoms with Gasteiger partial charge >= 0.3 is 0 Å². The second-order valence-corrected chi connectivity index (χ2v) is 2.53. The van der Waals surface area contributed by atoms with E-state index in [1.54, 1.807) is 0 Å². The van der Waals surface area contributed by atoms with Gasteiger partial charge in [-0.05, 0) is 6.08 Å². The standard InChI is InChI=1S/C3H4FO3S/c4-2-1-3-8(5,6)7/h1-2H,3H2/b2-1+. The van der Waals surface area contributed by atoms with Crippen molar-refractivity contribution < 1.29 is 17.4 Å². The highest BCUT2D eigenvalue weighted by atomic mass is 32.2. The molecule has 0 heterocycles. The Labute approximate surface area is 46.6 Å². The maximum atomic E-state index is 10.9. The van der Waals surface area contributed by atoms with Gasteiger partial charge in [0.15, 0.2) is 0 Å². The smallest absolute Gasteiger partial charge is 0.216 e. The minimum atomic E-state index is -4.26. The highest BCUT2D eigenvalue weighted by molar-refractivity contribution is 7.85. The minimum absolute atomic E-state index is 0.0233. The first-order valence-electron chi connectivity index (χ1n) is 1.75. The van der Waals surface area contributed by atoms with Crippen LogP contribution in [-0.2, 0) is 14.7 Å². The van der Waals surface area contributed by atoms with Gasteiger partial charge in [0.1, 0.15) is 0 Å². The molecule has 0 aromatic heterocycles. The molecule has 0 atom stereocenters. The first-order valence-corrected chi connectivity index (χ1v) is 3.33. The lowest BCUT2D eigenvalue weighted by Gasteiger charge is -1.79. The highest BCUT2D eigenvalue weighted by Crippen LogP contribution is 1.83. The van der Waals surface area contributed by atoms with E-state index < -0.39 is 15.9 Å². The van der Waals surface area contributed by atoms with Crippen molar-refractivity contribution in [3.05, 3.63) is 12.4 Å². The lowest BCUT2D eigenvalue weighted by molar-refractivity contribution is 0.417. The third kappa shape index (κ3) is 5.58. The predicted molar refractivity (Wildman–Crippen MR) is 24.7 cm³/mol. The fourth-order valence-corrected chi connectivity index (χ4v) is 0.463. The maximum absolute atomic E-state index is 10.9. The van der Waals surface area contributed by atoms with Crippen LogP contribution in [0.15, 0.2) is 12.4 Å². The van der Waals surface area contributed by atoms with Gasteiger partial charge in [0.05, 0.1) is 12.1 Å². The predicted octanol–water partition coefficient (Wildman–Crippen LogP) is 0.230. The average Bonchev–Trinajstić information content (AvgIpc) is 1.59. The summed E-state index contributed by atoms with van der Waals surface area (Å²) >= 11 is 0. The van der Waals surface area contributed by atoms with Gasteiger partial charge in [-0.15, -0.1) is 0 Å². The van der Waals surface area contributed by atoms with Gasteiger partial charge in [0, 0.05) is 0 Å². The Morgan fingerprint density at radius 1 is 1.50 bits per heavy atom. The molecule has 0 spiro atoms. The molecule has 0 saturated carbocycles. The van der Waals surface area contributed by atoms with Crippen LogP contribution in [0.4, 0.5) is 4.39 Å². The number of halogens is 1. The number of hydrogen-bond donors (Lipinski definition) is 0. The zero-order valence-corrected chi connectivity index (χ0v) is 4.69. The normalized spacial score (nSPS) is 12.8. The zero-order valence-electron chi connectivity index (χ0n) is 3.87. The summed E-state index contributed by atoms with van der Waals surface area (Å²) in [5.41, 5.74) is 0. The summed E-state index contributed by atoms with van der Waals surface area (Å²) in [6.07, 6.45) is 0.664. The molecule has 0 aliphatic rings. The average molecular weight is 139 g/mol. The van der Waals surface area contributed by atoms with Crippen LogP contribution in [0.1, 0.15) is 0 Å². The van der Waals surface area contributed by atoms with Crippen LogP contribution in [0.2, 0.25) is 0 Å². The van der Waals surface area contributed by atoms with E-state index in [0.29, 0.717) is 6.08 Å². The molecule has 0 N–H and O–H groups in total. The Morgan fingerprint density at radius 3 is 2.12 bits per heavy atom. The molecule has 0 saturated heterocycles. The molecule has 47 valence electrons. The van der Waals surface area contributed by atoms with Crippen molar-refractivity contribution in [3.8, 4) is 0 Å². The topological polar surface area (TPSA) is 54.0 Å². The van der Waals surface area contributed by atoms with Crippen molar-refractivity contribution in [1.29, 1.82) is 0 Å². The van der Waals surface area contributed by atoms with E-state index in [2.05, 4.69) is 0 Å².